The van der Waals surface area contributed by atoms with Crippen molar-refractivity contribution >= 4 is 11.1 Å². The molecule has 2 N–H and O–H groups in total. The maximum atomic E-state index is 9.60. The van der Waals surface area contributed by atoms with Crippen molar-refractivity contribution < 1.29 is 10.2 Å². The molecule has 0 radical (unpaired) electrons. The van der Waals surface area contributed by atoms with Gasteiger partial charge in [0.15, 0.2) is 0 Å². The van der Waals surface area contributed by atoms with Crippen molar-refractivity contribution in [2.24, 2.45) is 0 Å². The van der Waals surface area contributed by atoms with Crippen LogP contribution in [0.15, 0.2) is 72.9 Å². The molecule has 0 aliphatic carbocycles. The summed E-state index contributed by atoms with van der Waals surface area (Å²) in [6, 6.07) is 20.2. The predicted molar refractivity (Wildman–Crippen MR) is 96.7 cm³/mol. The molecule has 3 nitrogen and oxygen atoms in total. The fourth-order valence-corrected chi connectivity index (χ4v) is 2.80. The fourth-order valence-electron chi connectivity index (χ4n) is 2.80. The maximum Gasteiger partial charge on any atom is 0.115 e. The molecule has 0 unspecified atom stereocenters. The molecule has 0 atom stereocenters. The Morgan fingerprint density at radius 3 is 1.75 bits per heavy atom. The molecule has 3 heteroatoms. The first-order valence-corrected chi connectivity index (χ1v) is 7.92. The highest BCUT2D eigenvalue weighted by Crippen LogP contribution is 2.34. The SMILES string of the molecule is CCC(=C(c1ccc(O)cc1)c1ccc(O)cc1)c1ccccn1. The Kier molecular flexibility index (Phi) is 4.62. The molecule has 1 aromatic heterocycles. The van der Waals surface area contributed by atoms with Gasteiger partial charge in [-0.05, 0) is 65.1 Å². The molecular weight excluding hydrogens is 298 g/mol. The highest BCUT2D eigenvalue weighted by molar-refractivity contribution is 5.97. The molecule has 0 fully saturated rings. The van der Waals surface area contributed by atoms with Crippen molar-refractivity contribution in [3.63, 3.8) is 0 Å². The van der Waals surface area contributed by atoms with Crippen LogP contribution in [0.3, 0.4) is 0 Å². The molecule has 1 heterocycles. The number of allylic oxidation sites excluding steroid dienone is 1. The van der Waals surface area contributed by atoms with Crippen molar-refractivity contribution in [1.29, 1.82) is 0 Å². The molecule has 0 aliphatic heterocycles. The molecule has 120 valence electrons. The lowest BCUT2D eigenvalue weighted by molar-refractivity contribution is 0.475. The molecule has 0 saturated carbocycles. The molecule has 2 aromatic carbocycles. The summed E-state index contributed by atoms with van der Waals surface area (Å²) in [5, 5.41) is 19.2. The Balaban J connectivity index is 2.26. The van der Waals surface area contributed by atoms with E-state index >= 15 is 0 Å². The largest absolute Gasteiger partial charge is 0.508 e. The molecule has 3 aromatic rings. The molecule has 0 saturated heterocycles. The van der Waals surface area contributed by atoms with Gasteiger partial charge in [0.2, 0.25) is 0 Å². The van der Waals surface area contributed by atoms with Gasteiger partial charge in [0.25, 0.3) is 0 Å². The van der Waals surface area contributed by atoms with Crippen molar-refractivity contribution in [3.05, 3.63) is 89.7 Å². The van der Waals surface area contributed by atoms with Crippen LogP contribution in [0.5, 0.6) is 11.5 Å². The normalized spacial score (nSPS) is 10.4. The summed E-state index contributed by atoms with van der Waals surface area (Å²) < 4.78 is 0. The molecular formula is C21H19NO2. The number of aromatic hydroxyl groups is 2. The van der Waals surface area contributed by atoms with Gasteiger partial charge in [-0.2, -0.15) is 0 Å². The van der Waals surface area contributed by atoms with E-state index in [4.69, 9.17) is 0 Å². The van der Waals surface area contributed by atoms with Crippen LogP contribution in [0.4, 0.5) is 0 Å². The topological polar surface area (TPSA) is 53.4 Å². The minimum Gasteiger partial charge on any atom is -0.508 e. The number of rotatable bonds is 4. The van der Waals surface area contributed by atoms with E-state index in [9.17, 15) is 10.2 Å². The van der Waals surface area contributed by atoms with Crippen LogP contribution in [-0.2, 0) is 0 Å². The summed E-state index contributed by atoms with van der Waals surface area (Å²) in [5.74, 6) is 0.472. The number of aromatic nitrogens is 1. The number of phenols is 2. The lowest BCUT2D eigenvalue weighted by Gasteiger charge is -2.15. The molecule has 3 rings (SSSR count). The van der Waals surface area contributed by atoms with E-state index in [0.29, 0.717) is 0 Å². The number of pyridine rings is 1. The monoisotopic (exact) mass is 317 g/mol. The smallest absolute Gasteiger partial charge is 0.115 e. The number of benzene rings is 2. The quantitative estimate of drug-likeness (QED) is 0.722. The number of hydrogen-bond donors (Lipinski definition) is 2. The zero-order chi connectivity index (χ0) is 16.9. The Labute approximate surface area is 141 Å². The molecule has 0 spiro atoms. The van der Waals surface area contributed by atoms with Crippen LogP contribution in [0.1, 0.15) is 30.2 Å². The Morgan fingerprint density at radius 2 is 1.33 bits per heavy atom. The van der Waals surface area contributed by atoms with Gasteiger partial charge >= 0.3 is 0 Å². The van der Waals surface area contributed by atoms with Crippen molar-refractivity contribution in [1.82, 2.24) is 4.98 Å². The number of nitrogens with zero attached hydrogens (tertiary/aromatic N) is 1. The Bertz CT molecular complexity index is 788. The van der Waals surface area contributed by atoms with Gasteiger partial charge in [-0.1, -0.05) is 37.3 Å². The fraction of sp³-hybridized carbons (Fsp3) is 0.0952. The van der Waals surface area contributed by atoms with Gasteiger partial charge in [-0.15, -0.1) is 0 Å². The molecule has 0 bridgehead atoms. The Morgan fingerprint density at radius 1 is 0.792 bits per heavy atom. The second-order valence-corrected chi connectivity index (χ2v) is 5.52. The highest BCUT2D eigenvalue weighted by atomic mass is 16.3. The summed E-state index contributed by atoms with van der Waals surface area (Å²) in [6.45, 7) is 2.10. The van der Waals surface area contributed by atoms with E-state index in [-0.39, 0.29) is 11.5 Å². The van der Waals surface area contributed by atoms with Crippen LogP contribution in [0.2, 0.25) is 0 Å². The van der Waals surface area contributed by atoms with Crippen LogP contribution in [0, 0.1) is 0 Å². The second kappa shape index (κ2) is 7.01. The van der Waals surface area contributed by atoms with Gasteiger partial charge < -0.3 is 10.2 Å². The zero-order valence-corrected chi connectivity index (χ0v) is 13.5. The minimum atomic E-state index is 0.236. The van der Waals surface area contributed by atoms with Gasteiger partial charge in [0.05, 0.1) is 5.69 Å². The average molecular weight is 317 g/mol. The summed E-state index contributed by atoms with van der Waals surface area (Å²) in [6.07, 6.45) is 2.60. The third-order valence-corrected chi connectivity index (χ3v) is 3.94. The second-order valence-electron chi connectivity index (χ2n) is 5.52. The molecule has 24 heavy (non-hydrogen) atoms. The van der Waals surface area contributed by atoms with E-state index in [1.807, 2.05) is 42.5 Å². The van der Waals surface area contributed by atoms with E-state index in [1.165, 1.54) is 0 Å². The number of phenolic OH excluding ortho intramolecular Hbond substituents is 2. The van der Waals surface area contributed by atoms with Gasteiger partial charge in [-0.25, -0.2) is 0 Å². The predicted octanol–water partition coefficient (Wildman–Crippen LogP) is 4.86. The zero-order valence-electron chi connectivity index (χ0n) is 13.5. The summed E-state index contributed by atoms with van der Waals surface area (Å²) >= 11 is 0. The van der Waals surface area contributed by atoms with Crippen LogP contribution in [-0.4, -0.2) is 15.2 Å². The van der Waals surface area contributed by atoms with Crippen LogP contribution < -0.4 is 0 Å². The third kappa shape index (κ3) is 3.30. The molecule has 0 amide bonds. The van der Waals surface area contributed by atoms with E-state index < -0.39 is 0 Å². The molecule has 0 aliphatic rings. The summed E-state index contributed by atoms with van der Waals surface area (Å²) in [7, 11) is 0. The van der Waals surface area contributed by atoms with E-state index in [2.05, 4.69) is 11.9 Å². The van der Waals surface area contributed by atoms with Crippen molar-refractivity contribution in [2.75, 3.05) is 0 Å². The Hall–Kier alpha value is -3.07. The van der Waals surface area contributed by atoms with E-state index in [1.54, 1.807) is 30.5 Å². The van der Waals surface area contributed by atoms with Gasteiger partial charge in [0, 0.05) is 6.20 Å². The van der Waals surface area contributed by atoms with E-state index in [0.717, 1.165) is 34.4 Å². The lowest BCUT2D eigenvalue weighted by Crippen LogP contribution is -1.96. The lowest BCUT2D eigenvalue weighted by atomic mass is 9.90. The average Bonchev–Trinajstić information content (AvgIpc) is 2.62. The first-order chi connectivity index (χ1) is 11.7. The summed E-state index contributed by atoms with van der Waals surface area (Å²) in [5.41, 5.74) is 5.10. The van der Waals surface area contributed by atoms with Gasteiger partial charge in [0.1, 0.15) is 11.5 Å². The van der Waals surface area contributed by atoms with Crippen molar-refractivity contribution in [2.45, 2.75) is 13.3 Å². The maximum absolute atomic E-state index is 9.60. The summed E-state index contributed by atoms with van der Waals surface area (Å²) in [4.78, 5) is 4.50. The highest BCUT2D eigenvalue weighted by Gasteiger charge is 2.13. The van der Waals surface area contributed by atoms with Crippen molar-refractivity contribution in [3.8, 4) is 11.5 Å². The van der Waals surface area contributed by atoms with Gasteiger partial charge in [-0.3, -0.25) is 4.98 Å². The third-order valence-electron chi connectivity index (χ3n) is 3.94. The number of hydrogen-bond acceptors (Lipinski definition) is 3. The van der Waals surface area contributed by atoms with Crippen LogP contribution >= 0.6 is 0 Å². The first kappa shape index (κ1) is 15.8. The van der Waals surface area contributed by atoms with Crippen LogP contribution in [0.25, 0.3) is 11.1 Å². The minimum absolute atomic E-state index is 0.236. The standard InChI is InChI=1S/C21H19NO2/c1-2-19(20-5-3-4-14-22-20)21(15-6-10-17(23)11-7-15)16-8-12-18(24)13-9-16/h3-14,23-24H,2H2,1H3. The first-order valence-electron chi connectivity index (χ1n) is 7.92.